The van der Waals surface area contributed by atoms with Crippen molar-refractivity contribution < 1.29 is 22.7 Å². The van der Waals surface area contributed by atoms with E-state index in [2.05, 4.69) is 19.7 Å². The molecule has 0 atom stereocenters. The Kier molecular flexibility index (Phi) is 4.85. The normalized spacial score (nSPS) is 11.2. The molecule has 0 saturated carbocycles. The van der Waals surface area contributed by atoms with Crippen LogP contribution in [0.1, 0.15) is 15.9 Å². The van der Waals surface area contributed by atoms with Gasteiger partial charge in [-0.15, -0.1) is 0 Å². The Labute approximate surface area is 149 Å². The summed E-state index contributed by atoms with van der Waals surface area (Å²) < 4.78 is 46.9. The number of halogens is 3. The van der Waals surface area contributed by atoms with Crippen LogP contribution in [0.2, 0.25) is 0 Å². The first-order chi connectivity index (χ1) is 12.4. The van der Waals surface area contributed by atoms with Gasteiger partial charge in [-0.2, -0.15) is 22.5 Å². The van der Waals surface area contributed by atoms with Crippen molar-refractivity contribution in [3.8, 4) is 17.3 Å². The van der Waals surface area contributed by atoms with Crippen molar-refractivity contribution in [2.75, 3.05) is 12.4 Å². The third-order valence-electron chi connectivity index (χ3n) is 3.32. The SMILES string of the molecule is COc1ccnc(-c2nsc(NC(=O)c3ccc(C(F)(F)F)cc3)n2)c1. The van der Waals surface area contributed by atoms with Crippen LogP contribution in [0, 0.1) is 0 Å². The lowest BCUT2D eigenvalue weighted by atomic mass is 10.1. The number of nitrogens with one attached hydrogen (secondary N) is 1. The minimum absolute atomic E-state index is 0.0780. The molecule has 0 aliphatic rings. The van der Waals surface area contributed by atoms with Crippen LogP contribution in [0.25, 0.3) is 11.5 Å². The number of alkyl halides is 3. The largest absolute Gasteiger partial charge is 0.497 e. The minimum Gasteiger partial charge on any atom is -0.497 e. The fourth-order valence-electron chi connectivity index (χ4n) is 2.02. The van der Waals surface area contributed by atoms with Crippen LogP contribution < -0.4 is 10.1 Å². The van der Waals surface area contributed by atoms with Crippen molar-refractivity contribution in [1.82, 2.24) is 14.3 Å². The molecule has 6 nitrogen and oxygen atoms in total. The summed E-state index contributed by atoms with van der Waals surface area (Å²) in [4.78, 5) is 20.4. The predicted molar refractivity (Wildman–Crippen MR) is 89.1 cm³/mol. The molecule has 0 radical (unpaired) electrons. The van der Waals surface area contributed by atoms with Gasteiger partial charge in [-0.05, 0) is 30.3 Å². The highest BCUT2D eigenvalue weighted by Crippen LogP contribution is 2.29. The lowest BCUT2D eigenvalue weighted by molar-refractivity contribution is -0.137. The van der Waals surface area contributed by atoms with E-state index in [0.717, 1.165) is 35.8 Å². The van der Waals surface area contributed by atoms with Crippen molar-refractivity contribution in [3.63, 3.8) is 0 Å². The molecule has 134 valence electrons. The van der Waals surface area contributed by atoms with E-state index in [1.807, 2.05) is 0 Å². The lowest BCUT2D eigenvalue weighted by Gasteiger charge is -2.07. The second-order valence-corrected chi connectivity index (χ2v) is 5.79. The Balaban J connectivity index is 1.73. The second-order valence-electron chi connectivity index (χ2n) is 5.03. The molecule has 1 aromatic carbocycles. The maximum atomic E-state index is 12.6. The molecule has 3 aromatic rings. The molecule has 1 N–H and O–H groups in total. The topological polar surface area (TPSA) is 77.0 Å². The average Bonchev–Trinajstić information content (AvgIpc) is 3.09. The van der Waals surface area contributed by atoms with Crippen LogP contribution in [0.5, 0.6) is 5.75 Å². The van der Waals surface area contributed by atoms with Crippen molar-refractivity contribution >= 4 is 22.6 Å². The lowest BCUT2D eigenvalue weighted by Crippen LogP contribution is -2.12. The molecule has 2 heterocycles. The molecule has 2 aromatic heterocycles. The molecule has 0 saturated heterocycles. The summed E-state index contributed by atoms with van der Waals surface area (Å²) in [6.07, 6.45) is -2.91. The number of rotatable bonds is 4. The van der Waals surface area contributed by atoms with Crippen molar-refractivity contribution in [1.29, 1.82) is 0 Å². The van der Waals surface area contributed by atoms with Crippen LogP contribution in [0.3, 0.4) is 0 Å². The predicted octanol–water partition coefficient (Wildman–Crippen LogP) is 3.88. The quantitative estimate of drug-likeness (QED) is 0.743. The van der Waals surface area contributed by atoms with Gasteiger partial charge in [0.1, 0.15) is 11.4 Å². The number of carbonyl (C=O) groups excluding carboxylic acids is 1. The maximum absolute atomic E-state index is 12.6. The van der Waals surface area contributed by atoms with Gasteiger partial charge >= 0.3 is 6.18 Å². The zero-order valence-electron chi connectivity index (χ0n) is 13.2. The highest BCUT2D eigenvalue weighted by Gasteiger charge is 2.30. The highest BCUT2D eigenvalue weighted by molar-refractivity contribution is 7.10. The van der Waals surface area contributed by atoms with Gasteiger partial charge in [0.25, 0.3) is 5.91 Å². The van der Waals surface area contributed by atoms with Crippen LogP contribution >= 0.6 is 11.5 Å². The number of methoxy groups -OCH3 is 1. The number of hydrogen-bond acceptors (Lipinski definition) is 6. The van der Waals surface area contributed by atoms with Crippen LogP contribution in [-0.2, 0) is 6.18 Å². The Morgan fingerprint density at radius 3 is 2.58 bits per heavy atom. The van der Waals surface area contributed by atoms with Gasteiger partial charge in [-0.1, -0.05) is 0 Å². The van der Waals surface area contributed by atoms with Crippen molar-refractivity contribution in [2.45, 2.75) is 6.18 Å². The number of benzene rings is 1. The van der Waals surface area contributed by atoms with Crippen LogP contribution in [0.4, 0.5) is 18.3 Å². The number of ether oxygens (including phenoxy) is 1. The van der Waals surface area contributed by atoms with E-state index in [4.69, 9.17) is 4.74 Å². The number of pyridine rings is 1. The molecule has 0 fully saturated rings. The monoisotopic (exact) mass is 380 g/mol. The Bertz CT molecular complexity index is 926. The molecule has 10 heteroatoms. The van der Waals surface area contributed by atoms with Gasteiger partial charge in [-0.25, -0.2) is 0 Å². The number of carbonyl (C=O) groups is 1. The minimum atomic E-state index is -4.45. The molecule has 26 heavy (non-hydrogen) atoms. The molecule has 0 bridgehead atoms. The van der Waals surface area contributed by atoms with Gasteiger partial charge in [-0.3, -0.25) is 15.1 Å². The summed E-state index contributed by atoms with van der Waals surface area (Å²) >= 11 is 0.934. The number of amides is 1. The highest BCUT2D eigenvalue weighted by atomic mass is 32.1. The standard InChI is InChI=1S/C16H11F3N4O2S/c1-25-11-6-7-20-12(8-11)13-21-15(26-23-13)22-14(24)9-2-4-10(5-3-9)16(17,18)19/h2-8H,1H3,(H,21,22,23,24). The summed E-state index contributed by atoms with van der Waals surface area (Å²) in [5.74, 6) is 0.303. The number of aromatic nitrogens is 3. The number of hydrogen-bond donors (Lipinski definition) is 1. The fraction of sp³-hybridized carbons (Fsp3) is 0.125. The number of nitrogens with zero attached hydrogens (tertiary/aromatic N) is 3. The smallest absolute Gasteiger partial charge is 0.416 e. The summed E-state index contributed by atoms with van der Waals surface area (Å²) in [5.41, 5.74) is -0.277. The van der Waals surface area contributed by atoms with E-state index in [0.29, 0.717) is 17.3 Å². The van der Waals surface area contributed by atoms with Gasteiger partial charge in [0.05, 0.1) is 12.7 Å². The van der Waals surface area contributed by atoms with Crippen LogP contribution in [-0.4, -0.2) is 27.4 Å². The third kappa shape index (κ3) is 3.97. The molecule has 0 aliphatic carbocycles. The average molecular weight is 380 g/mol. The van der Waals surface area contributed by atoms with Crippen molar-refractivity contribution in [3.05, 3.63) is 53.7 Å². The van der Waals surface area contributed by atoms with E-state index in [9.17, 15) is 18.0 Å². The maximum Gasteiger partial charge on any atom is 0.416 e. The van der Waals surface area contributed by atoms with Crippen LogP contribution in [0.15, 0.2) is 42.6 Å². The van der Waals surface area contributed by atoms with E-state index in [-0.39, 0.29) is 10.7 Å². The summed E-state index contributed by atoms with van der Waals surface area (Å²) in [6.45, 7) is 0. The summed E-state index contributed by atoms with van der Waals surface area (Å²) in [5, 5.41) is 2.70. The first kappa shape index (κ1) is 17.8. The van der Waals surface area contributed by atoms with E-state index >= 15 is 0 Å². The molecule has 0 spiro atoms. The summed E-state index contributed by atoms with van der Waals surface area (Å²) in [6, 6.07) is 7.21. The Hall–Kier alpha value is -3.01. The van der Waals surface area contributed by atoms with E-state index in [1.165, 1.54) is 13.3 Å². The fourth-order valence-corrected chi connectivity index (χ4v) is 2.59. The molecular formula is C16H11F3N4O2S. The van der Waals surface area contributed by atoms with E-state index in [1.54, 1.807) is 12.1 Å². The molecule has 3 rings (SSSR count). The molecule has 0 unspecified atom stereocenters. The molecular weight excluding hydrogens is 369 g/mol. The van der Waals surface area contributed by atoms with Gasteiger partial charge < -0.3 is 4.74 Å². The second kappa shape index (κ2) is 7.08. The number of anilines is 1. The summed E-state index contributed by atoms with van der Waals surface area (Å²) in [7, 11) is 1.52. The zero-order chi connectivity index (χ0) is 18.7. The van der Waals surface area contributed by atoms with Gasteiger partial charge in [0.15, 0.2) is 5.82 Å². The van der Waals surface area contributed by atoms with Gasteiger partial charge in [0, 0.05) is 29.4 Å². The zero-order valence-corrected chi connectivity index (χ0v) is 14.1. The molecule has 1 amide bonds. The van der Waals surface area contributed by atoms with Gasteiger partial charge in [0.2, 0.25) is 5.13 Å². The third-order valence-corrected chi connectivity index (χ3v) is 3.95. The van der Waals surface area contributed by atoms with Crippen molar-refractivity contribution in [2.24, 2.45) is 0 Å². The van der Waals surface area contributed by atoms with E-state index < -0.39 is 17.6 Å². The molecule has 0 aliphatic heterocycles. The Morgan fingerprint density at radius 1 is 1.19 bits per heavy atom. The Morgan fingerprint density at radius 2 is 1.92 bits per heavy atom. The first-order valence-electron chi connectivity index (χ1n) is 7.19. The first-order valence-corrected chi connectivity index (χ1v) is 7.97.